The number of carbonyl (C=O) groups excluding carboxylic acids is 2. The molecule has 1 aromatic carbocycles. The first-order chi connectivity index (χ1) is 12.2. The Labute approximate surface area is 156 Å². The Morgan fingerprint density at radius 1 is 1.27 bits per heavy atom. The second kappa shape index (κ2) is 8.11. The molecule has 1 aliphatic heterocycles. The van der Waals surface area contributed by atoms with Gasteiger partial charge in [0.1, 0.15) is 6.54 Å². The summed E-state index contributed by atoms with van der Waals surface area (Å²) in [6.45, 7) is -1.35. The van der Waals surface area contributed by atoms with E-state index in [-0.39, 0.29) is 21.4 Å². The van der Waals surface area contributed by atoms with Crippen LogP contribution in [0.1, 0.15) is 5.56 Å². The van der Waals surface area contributed by atoms with Crippen LogP contribution in [0.4, 0.5) is 4.79 Å². The van der Waals surface area contributed by atoms with Gasteiger partial charge in [-0.3, -0.25) is 19.3 Å². The predicted octanol–water partition coefficient (Wildman–Crippen LogP) is 1.93. The summed E-state index contributed by atoms with van der Waals surface area (Å²) in [5, 5.41) is 16.8. The van der Waals surface area contributed by atoms with Crippen molar-refractivity contribution in [2.75, 3.05) is 20.3 Å². The van der Waals surface area contributed by atoms with Crippen LogP contribution in [0.15, 0.2) is 17.0 Å². The van der Waals surface area contributed by atoms with Crippen LogP contribution in [0.5, 0.6) is 11.5 Å². The van der Waals surface area contributed by atoms with Crippen LogP contribution >= 0.6 is 23.4 Å². The smallest absolute Gasteiger partial charge is 0.341 e. The number of hydrogen-bond donors (Lipinski definition) is 2. The fraction of sp³-hybridized carbons (Fsp3) is 0.200. The molecule has 0 aliphatic carbocycles. The molecule has 9 nitrogen and oxygen atoms in total. The number of benzene rings is 1. The number of nitrogens with zero attached hydrogens (tertiary/aromatic N) is 1. The van der Waals surface area contributed by atoms with Crippen molar-refractivity contribution in [3.63, 3.8) is 0 Å². The van der Waals surface area contributed by atoms with Crippen molar-refractivity contribution in [1.82, 2.24) is 4.90 Å². The molecule has 0 aromatic heterocycles. The van der Waals surface area contributed by atoms with Gasteiger partial charge in [0.25, 0.3) is 11.1 Å². The average Bonchev–Trinajstić information content (AvgIpc) is 2.80. The van der Waals surface area contributed by atoms with E-state index in [1.807, 2.05) is 0 Å². The number of aliphatic carboxylic acids is 2. The number of carboxylic acid groups (broad SMARTS) is 2. The first-order valence-corrected chi connectivity index (χ1v) is 8.11. The summed E-state index contributed by atoms with van der Waals surface area (Å²) in [7, 11) is 1.32. The summed E-state index contributed by atoms with van der Waals surface area (Å²) in [6.07, 6.45) is 1.35. The van der Waals surface area contributed by atoms with Crippen molar-refractivity contribution in [3.05, 3.63) is 27.6 Å². The molecule has 1 heterocycles. The van der Waals surface area contributed by atoms with Gasteiger partial charge in [-0.1, -0.05) is 11.6 Å². The number of halogens is 1. The van der Waals surface area contributed by atoms with Crippen molar-refractivity contribution in [1.29, 1.82) is 0 Å². The van der Waals surface area contributed by atoms with E-state index in [1.165, 1.54) is 25.3 Å². The molecule has 1 aromatic rings. The summed E-state index contributed by atoms with van der Waals surface area (Å²) < 4.78 is 10.2. The van der Waals surface area contributed by atoms with Gasteiger partial charge in [0.15, 0.2) is 18.1 Å². The summed E-state index contributed by atoms with van der Waals surface area (Å²) >= 11 is 6.67. The highest BCUT2D eigenvalue weighted by Crippen LogP contribution is 2.38. The number of hydrogen-bond acceptors (Lipinski definition) is 7. The van der Waals surface area contributed by atoms with E-state index in [0.717, 1.165) is 0 Å². The Morgan fingerprint density at radius 2 is 1.96 bits per heavy atom. The minimum absolute atomic E-state index is 0.0210. The quantitative estimate of drug-likeness (QED) is 0.658. The molecule has 0 radical (unpaired) electrons. The van der Waals surface area contributed by atoms with Crippen LogP contribution < -0.4 is 9.47 Å². The lowest BCUT2D eigenvalue weighted by Crippen LogP contribution is -2.33. The number of amides is 2. The van der Waals surface area contributed by atoms with E-state index in [2.05, 4.69) is 0 Å². The van der Waals surface area contributed by atoms with E-state index >= 15 is 0 Å². The van der Waals surface area contributed by atoms with Gasteiger partial charge >= 0.3 is 11.9 Å². The fourth-order valence-corrected chi connectivity index (χ4v) is 3.13. The SMILES string of the molecule is COc1cc(C=C2SC(=O)N(CC(=O)O)C2=O)cc(Cl)c1OCC(=O)O. The van der Waals surface area contributed by atoms with Crippen molar-refractivity contribution < 1.29 is 38.9 Å². The van der Waals surface area contributed by atoms with Crippen LogP contribution in [-0.4, -0.2) is 58.5 Å². The van der Waals surface area contributed by atoms with Gasteiger partial charge in [0.2, 0.25) is 0 Å². The lowest BCUT2D eigenvalue weighted by atomic mass is 10.1. The molecule has 0 saturated carbocycles. The second-order valence-electron chi connectivity index (χ2n) is 4.88. The largest absolute Gasteiger partial charge is 0.493 e. The van der Waals surface area contributed by atoms with Crippen LogP contribution in [0.25, 0.3) is 6.08 Å². The van der Waals surface area contributed by atoms with Crippen molar-refractivity contribution >= 4 is 52.5 Å². The first kappa shape index (κ1) is 19.6. The van der Waals surface area contributed by atoms with Gasteiger partial charge in [-0.25, -0.2) is 4.79 Å². The Morgan fingerprint density at radius 3 is 2.54 bits per heavy atom. The molecular weight excluding hydrogens is 390 g/mol. The van der Waals surface area contributed by atoms with Gasteiger partial charge in [-0.05, 0) is 35.5 Å². The molecular formula is C15H12ClNO8S. The molecule has 0 bridgehead atoms. The van der Waals surface area contributed by atoms with E-state index in [1.54, 1.807) is 0 Å². The number of imide groups is 1. The molecule has 0 atom stereocenters. The predicted molar refractivity (Wildman–Crippen MR) is 91.4 cm³/mol. The fourth-order valence-electron chi connectivity index (χ4n) is 2.02. The van der Waals surface area contributed by atoms with Gasteiger partial charge in [-0.2, -0.15) is 0 Å². The van der Waals surface area contributed by atoms with Gasteiger partial charge in [0.05, 0.1) is 17.0 Å². The molecule has 2 N–H and O–H groups in total. The van der Waals surface area contributed by atoms with E-state index in [4.69, 9.17) is 31.3 Å². The molecule has 11 heteroatoms. The Hall–Kier alpha value is -2.72. The van der Waals surface area contributed by atoms with E-state index in [0.29, 0.717) is 22.2 Å². The molecule has 0 spiro atoms. The maximum absolute atomic E-state index is 12.1. The Balaban J connectivity index is 2.32. The normalized spacial score (nSPS) is 15.5. The molecule has 1 fully saturated rings. The zero-order chi connectivity index (χ0) is 19.4. The number of thioether (sulfide) groups is 1. The monoisotopic (exact) mass is 401 g/mol. The molecule has 1 saturated heterocycles. The number of ether oxygens (including phenoxy) is 2. The lowest BCUT2D eigenvalue weighted by molar-refractivity contribution is -0.140. The highest BCUT2D eigenvalue weighted by atomic mass is 35.5. The molecule has 138 valence electrons. The van der Waals surface area contributed by atoms with Crippen LogP contribution in [0.2, 0.25) is 5.02 Å². The van der Waals surface area contributed by atoms with Crippen molar-refractivity contribution in [3.8, 4) is 11.5 Å². The van der Waals surface area contributed by atoms with Crippen molar-refractivity contribution in [2.24, 2.45) is 0 Å². The van der Waals surface area contributed by atoms with E-state index in [9.17, 15) is 19.2 Å². The second-order valence-corrected chi connectivity index (χ2v) is 6.28. The summed E-state index contributed by atoms with van der Waals surface area (Å²) in [6, 6.07) is 2.83. The highest BCUT2D eigenvalue weighted by Gasteiger charge is 2.36. The van der Waals surface area contributed by atoms with Gasteiger partial charge < -0.3 is 19.7 Å². The summed E-state index contributed by atoms with van der Waals surface area (Å²) in [4.78, 5) is 45.9. The molecule has 1 aliphatic rings. The third-order valence-electron chi connectivity index (χ3n) is 3.06. The molecule has 0 unspecified atom stereocenters. The maximum atomic E-state index is 12.1. The minimum Gasteiger partial charge on any atom is -0.493 e. The zero-order valence-electron chi connectivity index (χ0n) is 13.2. The van der Waals surface area contributed by atoms with Crippen LogP contribution in [-0.2, 0) is 14.4 Å². The number of carbonyl (C=O) groups is 4. The molecule has 2 amide bonds. The standard InChI is InChI=1S/C15H12ClNO8S/c1-24-9-3-7(2-8(16)13(9)25-6-12(20)21)4-10-14(22)17(5-11(18)19)15(23)26-10/h2-4H,5-6H2,1H3,(H,18,19)(H,20,21). The topological polar surface area (TPSA) is 130 Å². The van der Waals surface area contributed by atoms with E-state index < -0.39 is 36.2 Å². The van der Waals surface area contributed by atoms with Gasteiger partial charge in [0, 0.05) is 0 Å². The lowest BCUT2D eigenvalue weighted by Gasteiger charge is -2.12. The molecule has 26 heavy (non-hydrogen) atoms. The zero-order valence-corrected chi connectivity index (χ0v) is 14.8. The third kappa shape index (κ3) is 4.46. The van der Waals surface area contributed by atoms with Crippen LogP contribution in [0, 0.1) is 0 Å². The average molecular weight is 402 g/mol. The minimum atomic E-state index is -1.31. The van der Waals surface area contributed by atoms with Gasteiger partial charge in [-0.15, -0.1) is 0 Å². The number of rotatable bonds is 7. The maximum Gasteiger partial charge on any atom is 0.341 e. The number of methoxy groups -OCH3 is 1. The number of carboxylic acids is 2. The summed E-state index contributed by atoms with van der Waals surface area (Å²) in [5.41, 5.74) is 0.385. The molecule has 2 rings (SSSR count). The van der Waals surface area contributed by atoms with Crippen molar-refractivity contribution in [2.45, 2.75) is 0 Å². The van der Waals surface area contributed by atoms with Crippen LogP contribution in [0.3, 0.4) is 0 Å². The third-order valence-corrected chi connectivity index (χ3v) is 4.24. The highest BCUT2D eigenvalue weighted by molar-refractivity contribution is 8.18. The first-order valence-electron chi connectivity index (χ1n) is 6.92. The Kier molecular flexibility index (Phi) is 6.11. The summed E-state index contributed by atoms with van der Waals surface area (Å²) in [5.74, 6) is -3.08. The Bertz CT molecular complexity index is 822.